The standard InChI is InChI=1S/C13H15F3N2O/c1-8-2-3-9(6-11(8)17)12(19)18(10-4-5-10)7-13(14,15)16/h2-3,6,10H,4-5,7,17H2,1H3. The predicted octanol–water partition coefficient (Wildman–Crippen LogP) is 2.74. The molecular formula is C13H15F3N2O. The monoisotopic (exact) mass is 272 g/mol. The summed E-state index contributed by atoms with van der Waals surface area (Å²) in [6.07, 6.45) is -3.12. The van der Waals surface area contributed by atoms with Crippen LogP contribution in [0.5, 0.6) is 0 Å². The summed E-state index contributed by atoms with van der Waals surface area (Å²) in [5, 5.41) is 0. The Morgan fingerprint density at radius 2 is 2.05 bits per heavy atom. The summed E-state index contributed by atoms with van der Waals surface area (Å²) in [5.74, 6) is -0.605. The van der Waals surface area contributed by atoms with E-state index in [0.717, 1.165) is 10.5 Å². The van der Waals surface area contributed by atoms with E-state index in [9.17, 15) is 18.0 Å². The van der Waals surface area contributed by atoms with Crippen LogP contribution in [-0.4, -0.2) is 29.6 Å². The topological polar surface area (TPSA) is 46.3 Å². The van der Waals surface area contributed by atoms with Gasteiger partial charge >= 0.3 is 6.18 Å². The number of amides is 1. The average molecular weight is 272 g/mol. The molecule has 0 bridgehead atoms. The molecule has 0 radical (unpaired) electrons. The second-order valence-electron chi connectivity index (χ2n) is 4.85. The van der Waals surface area contributed by atoms with E-state index in [-0.39, 0.29) is 11.6 Å². The van der Waals surface area contributed by atoms with E-state index in [1.165, 1.54) is 12.1 Å². The van der Waals surface area contributed by atoms with Crippen molar-refractivity contribution in [1.82, 2.24) is 4.90 Å². The van der Waals surface area contributed by atoms with Crippen LogP contribution in [0.15, 0.2) is 18.2 Å². The molecule has 1 aromatic rings. The van der Waals surface area contributed by atoms with Crippen LogP contribution in [0.4, 0.5) is 18.9 Å². The molecule has 1 saturated carbocycles. The maximum Gasteiger partial charge on any atom is 0.406 e. The van der Waals surface area contributed by atoms with Gasteiger partial charge in [-0.25, -0.2) is 0 Å². The fourth-order valence-corrected chi connectivity index (χ4v) is 1.89. The van der Waals surface area contributed by atoms with E-state index in [2.05, 4.69) is 0 Å². The number of rotatable bonds is 3. The number of hydrogen-bond donors (Lipinski definition) is 1. The van der Waals surface area contributed by atoms with Gasteiger partial charge in [0.05, 0.1) is 0 Å². The molecule has 0 atom stereocenters. The molecule has 0 saturated heterocycles. The fourth-order valence-electron chi connectivity index (χ4n) is 1.89. The Balaban J connectivity index is 2.21. The Morgan fingerprint density at radius 1 is 1.42 bits per heavy atom. The quantitative estimate of drug-likeness (QED) is 0.860. The highest BCUT2D eigenvalue weighted by atomic mass is 19.4. The van der Waals surface area contributed by atoms with Crippen molar-refractivity contribution < 1.29 is 18.0 Å². The van der Waals surface area contributed by atoms with Crippen LogP contribution < -0.4 is 5.73 Å². The van der Waals surface area contributed by atoms with Crippen molar-refractivity contribution >= 4 is 11.6 Å². The molecule has 1 aromatic carbocycles. The number of nitrogens with two attached hydrogens (primary N) is 1. The van der Waals surface area contributed by atoms with Crippen LogP contribution in [0.25, 0.3) is 0 Å². The lowest BCUT2D eigenvalue weighted by Crippen LogP contribution is -2.40. The van der Waals surface area contributed by atoms with Crippen molar-refractivity contribution in [3.8, 4) is 0 Å². The highest BCUT2D eigenvalue weighted by Crippen LogP contribution is 2.31. The maximum atomic E-state index is 12.5. The van der Waals surface area contributed by atoms with E-state index in [0.29, 0.717) is 18.5 Å². The van der Waals surface area contributed by atoms with Crippen molar-refractivity contribution in [2.24, 2.45) is 0 Å². The third-order valence-electron chi connectivity index (χ3n) is 3.12. The first-order chi connectivity index (χ1) is 8.78. The highest BCUT2D eigenvalue weighted by Gasteiger charge is 2.40. The number of nitrogens with zero attached hydrogens (tertiary/aromatic N) is 1. The first kappa shape index (κ1) is 13.7. The Labute approximate surface area is 109 Å². The van der Waals surface area contributed by atoms with E-state index in [4.69, 9.17) is 5.73 Å². The van der Waals surface area contributed by atoms with Gasteiger partial charge < -0.3 is 10.6 Å². The molecule has 0 aromatic heterocycles. The molecule has 19 heavy (non-hydrogen) atoms. The van der Waals surface area contributed by atoms with E-state index < -0.39 is 18.6 Å². The van der Waals surface area contributed by atoms with Crippen molar-refractivity contribution in [3.05, 3.63) is 29.3 Å². The molecule has 6 heteroatoms. The van der Waals surface area contributed by atoms with Crippen molar-refractivity contribution in [2.45, 2.75) is 32.0 Å². The smallest absolute Gasteiger partial charge is 0.398 e. The van der Waals surface area contributed by atoms with Gasteiger partial charge in [0, 0.05) is 17.3 Å². The van der Waals surface area contributed by atoms with Gasteiger partial charge in [-0.3, -0.25) is 4.79 Å². The summed E-state index contributed by atoms with van der Waals surface area (Å²) in [6.45, 7) is 0.572. The number of carbonyl (C=O) groups excluding carboxylic acids is 1. The Bertz CT molecular complexity index is 495. The number of anilines is 1. The molecule has 0 heterocycles. The molecule has 2 N–H and O–H groups in total. The molecule has 0 aliphatic heterocycles. The summed E-state index contributed by atoms with van der Waals surface area (Å²) < 4.78 is 37.5. The minimum absolute atomic E-state index is 0.208. The summed E-state index contributed by atoms with van der Waals surface area (Å²) in [4.78, 5) is 13.0. The van der Waals surface area contributed by atoms with Crippen LogP contribution in [0, 0.1) is 6.92 Å². The zero-order chi connectivity index (χ0) is 14.2. The predicted molar refractivity (Wildman–Crippen MR) is 65.7 cm³/mol. The SMILES string of the molecule is Cc1ccc(C(=O)N(CC(F)(F)F)C2CC2)cc1N. The Kier molecular flexibility index (Phi) is 3.43. The number of hydrogen-bond acceptors (Lipinski definition) is 2. The van der Waals surface area contributed by atoms with Crippen LogP contribution in [0.2, 0.25) is 0 Å². The van der Waals surface area contributed by atoms with Gasteiger partial charge in [0.1, 0.15) is 6.54 Å². The summed E-state index contributed by atoms with van der Waals surface area (Å²) in [6, 6.07) is 4.29. The van der Waals surface area contributed by atoms with Crippen LogP contribution >= 0.6 is 0 Å². The van der Waals surface area contributed by atoms with Crippen molar-refractivity contribution in [1.29, 1.82) is 0 Å². The molecule has 2 rings (SSSR count). The second-order valence-corrected chi connectivity index (χ2v) is 4.85. The third kappa shape index (κ3) is 3.39. The van der Waals surface area contributed by atoms with E-state index in [1.54, 1.807) is 13.0 Å². The number of aryl methyl sites for hydroxylation is 1. The van der Waals surface area contributed by atoms with Gasteiger partial charge in [0.25, 0.3) is 5.91 Å². The lowest BCUT2D eigenvalue weighted by Gasteiger charge is -2.24. The minimum Gasteiger partial charge on any atom is -0.398 e. The van der Waals surface area contributed by atoms with Crippen LogP contribution in [0.3, 0.4) is 0 Å². The number of carbonyl (C=O) groups is 1. The molecule has 0 spiro atoms. The average Bonchev–Trinajstić information content (AvgIpc) is 3.11. The summed E-state index contributed by atoms with van der Waals surface area (Å²) in [7, 11) is 0. The zero-order valence-corrected chi connectivity index (χ0v) is 10.5. The van der Waals surface area contributed by atoms with Gasteiger partial charge in [0.2, 0.25) is 0 Å². The lowest BCUT2D eigenvalue weighted by atomic mass is 10.1. The van der Waals surface area contributed by atoms with Gasteiger partial charge in [-0.2, -0.15) is 13.2 Å². The zero-order valence-electron chi connectivity index (χ0n) is 10.5. The molecule has 0 unspecified atom stereocenters. The van der Waals surface area contributed by atoms with Crippen LogP contribution in [-0.2, 0) is 0 Å². The van der Waals surface area contributed by atoms with E-state index >= 15 is 0 Å². The van der Waals surface area contributed by atoms with Crippen molar-refractivity contribution in [3.63, 3.8) is 0 Å². The largest absolute Gasteiger partial charge is 0.406 e. The van der Waals surface area contributed by atoms with Crippen molar-refractivity contribution in [2.75, 3.05) is 12.3 Å². The maximum absolute atomic E-state index is 12.5. The number of nitrogen functional groups attached to an aromatic ring is 1. The second kappa shape index (κ2) is 4.75. The number of alkyl halides is 3. The van der Waals surface area contributed by atoms with Gasteiger partial charge in [-0.05, 0) is 37.5 Å². The molecule has 1 amide bonds. The third-order valence-corrected chi connectivity index (χ3v) is 3.12. The molecule has 1 aliphatic carbocycles. The molecule has 1 fully saturated rings. The minimum atomic E-state index is -4.38. The van der Waals surface area contributed by atoms with Gasteiger partial charge in [0.15, 0.2) is 0 Å². The normalized spacial score (nSPS) is 15.4. The Morgan fingerprint density at radius 3 is 2.53 bits per heavy atom. The Hall–Kier alpha value is -1.72. The molecule has 1 aliphatic rings. The fraction of sp³-hybridized carbons (Fsp3) is 0.462. The van der Waals surface area contributed by atoms with Gasteiger partial charge in [-0.1, -0.05) is 6.07 Å². The summed E-state index contributed by atoms with van der Waals surface area (Å²) >= 11 is 0. The number of benzene rings is 1. The lowest BCUT2D eigenvalue weighted by molar-refractivity contribution is -0.141. The molecule has 104 valence electrons. The van der Waals surface area contributed by atoms with Crippen LogP contribution in [0.1, 0.15) is 28.8 Å². The van der Waals surface area contributed by atoms with Gasteiger partial charge in [-0.15, -0.1) is 0 Å². The molecule has 3 nitrogen and oxygen atoms in total. The summed E-state index contributed by atoms with van der Waals surface area (Å²) in [5.41, 5.74) is 7.10. The first-order valence-electron chi connectivity index (χ1n) is 6.02. The first-order valence-corrected chi connectivity index (χ1v) is 6.02. The van der Waals surface area contributed by atoms with E-state index in [1.807, 2.05) is 0 Å². The number of halogens is 3. The highest BCUT2D eigenvalue weighted by molar-refractivity contribution is 5.95. The molecular weight excluding hydrogens is 257 g/mol.